The minimum absolute atomic E-state index is 0.170. The lowest BCUT2D eigenvalue weighted by Gasteiger charge is -2.16. The number of nitrogens with zero attached hydrogens (tertiary/aromatic N) is 3. The molecule has 1 saturated heterocycles. The van der Waals surface area contributed by atoms with E-state index in [1.54, 1.807) is 0 Å². The highest BCUT2D eigenvalue weighted by atomic mass is 32.1. The lowest BCUT2D eigenvalue weighted by molar-refractivity contribution is -0.0511. The van der Waals surface area contributed by atoms with E-state index in [0.717, 1.165) is 0 Å². The molecule has 6 N–H and O–H groups in total. The molecule has 1 aliphatic heterocycles. The molecule has 1 fully saturated rings. The molecule has 0 unspecified atom stereocenters. The van der Waals surface area contributed by atoms with E-state index in [1.807, 2.05) is 0 Å². The number of nitrogens with two attached hydrogens (primary N) is 1. The van der Waals surface area contributed by atoms with Gasteiger partial charge in [0.25, 0.3) is 0 Å². The fourth-order valence-corrected chi connectivity index (χ4v) is 2.45. The van der Waals surface area contributed by atoms with Crippen molar-refractivity contribution >= 4 is 29.2 Å². The first-order chi connectivity index (χ1) is 9.52. The molecule has 108 valence electrons. The van der Waals surface area contributed by atoms with Crippen LogP contribution in [0.1, 0.15) is 6.23 Å². The van der Waals surface area contributed by atoms with Gasteiger partial charge < -0.3 is 30.8 Å². The van der Waals surface area contributed by atoms with Gasteiger partial charge in [-0.3, -0.25) is 4.57 Å². The molecule has 0 radical (unpaired) electrons. The van der Waals surface area contributed by atoms with Gasteiger partial charge in [0.2, 0.25) is 0 Å². The molecule has 0 aliphatic carbocycles. The molecule has 0 spiro atoms. The zero-order chi connectivity index (χ0) is 14.4. The van der Waals surface area contributed by atoms with Crippen molar-refractivity contribution in [2.24, 2.45) is 0 Å². The zero-order valence-electron chi connectivity index (χ0n) is 10.2. The number of nitrogens with one attached hydrogen (secondary N) is 1. The summed E-state index contributed by atoms with van der Waals surface area (Å²) in [5, 5.41) is 28.9. The molecule has 20 heavy (non-hydrogen) atoms. The van der Waals surface area contributed by atoms with Crippen LogP contribution in [-0.2, 0) is 4.74 Å². The third-order valence-electron chi connectivity index (χ3n) is 3.26. The van der Waals surface area contributed by atoms with E-state index in [0.29, 0.717) is 11.2 Å². The predicted molar refractivity (Wildman–Crippen MR) is 70.1 cm³/mol. The molecule has 0 amide bonds. The number of hydrogen-bond donors (Lipinski definition) is 5. The Morgan fingerprint density at radius 1 is 1.45 bits per heavy atom. The first-order valence-electron chi connectivity index (χ1n) is 5.87. The third kappa shape index (κ3) is 1.89. The number of aromatic nitrogens is 4. The number of fused-ring (bicyclic) bond motifs is 1. The van der Waals surface area contributed by atoms with Crippen LogP contribution in [0, 0.1) is 4.77 Å². The average Bonchev–Trinajstić information content (AvgIpc) is 2.93. The monoisotopic (exact) mass is 299 g/mol. The smallest absolute Gasteiger partial charge is 0.200 e. The van der Waals surface area contributed by atoms with Crippen molar-refractivity contribution in [2.45, 2.75) is 24.5 Å². The van der Waals surface area contributed by atoms with E-state index in [2.05, 4.69) is 15.0 Å². The van der Waals surface area contributed by atoms with Crippen molar-refractivity contribution in [3.8, 4) is 0 Å². The Bertz CT molecular complexity index is 701. The number of H-pyrrole nitrogens is 1. The number of ether oxygens (including phenoxy) is 1. The molecular formula is C10H13N5O4S. The van der Waals surface area contributed by atoms with Gasteiger partial charge in [-0.1, -0.05) is 0 Å². The molecule has 2 aromatic rings. The fourth-order valence-electron chi connectivity index (χ4n) is 2.25. The number of hydrogen-bond acceptors (Lipinski definition) is 8. The van der Waals surface area contributed by atoms with Gasteiger partial charge in [0.15, 0.2) is 16.6 Å². The Hall–Kier alpha value is -1.59. The van der Waals surface area contributed by atoms with Crippen LogP contribution in [0.4, 0.5) is 5.82 Å². The fraction of sp³-hybridized carbons (Fsp3) is 0.500. The minimum atomic E-state index is -1.22. The molecule has 3 rings (SSSR count). The molecular weight excluding hydrogens is 286 g/mol. The Morgan fingerprint density at radius 3 is 2.85 bits per heavy atom. The van der Waals surface area contributed by atoms with Gasteiger partial charge in [0.1, 0.15) is 29.6 Å². The normalized spacial score (nSPS) is 30.1. The summed E-state index contributed by atoms with van der Waals surface area (Å²) in [6.07, 6.45) is -2.82. The maximum Gasteiger partial charge on any atom is 0.200 e. The molecule has 2 aromatic heterocycles. The predicted octanol–water partition coefficient (Wildman–Crippen LogP) is -1.32. The largest absolute Gasteiger partial charge is 0.394 e. The highest BCUT2D eigenvalue weighted by Crippen LogP contribution is 2.31. The van der Waals surface area contributed by atoms with Crippen LogP contribution in [0.15, 0.2) is 6.33 Å². The number of nitrogen functional groups attached to an aromatic ring is 1. The quantitative estimate of drug-likeness (QED) is 0.430. The second kappa shape index (κ2) is 4.75. The first-order valence-corrected chi connectivity index (χ1v) is 6.28. The Morgan fingerprint density at radius 2 is 2.20 bits per heavy atom. The van der Waals surface area contributed by atoms with Gasteiger partial charge in [-0.15, -0.1) is 0 Å². The van der Waals surface area contributed by atoms with Crippen LogP contribution in [0.3, 0.4) is 0 Å². The van der Waals surface area contributed by atoms with Crippen molar-refractivity contribution in [3.63, 3.8) is 0 Å². The van der Waals surface area contributed by atoms with E-state index in [9.17, 15) is 10.2 Å². The lowest BCUT2D eigenvalue weighted by atomic mass is 10.1. The third-order valence-corrected chi connectivity index (χ3v) is 3.46. The SMILES string of the molecule is Nc1[nH]c(=S)nc2c1ncn2[C@@H]1O[C@H](CO)[C@@H](O)[C@@H]1O. The number of rotatable bonds is 2. The highest BCUT2D eigenvalue weighted by molar-refractivity contribution is 7.71. The molecule has 0 saturated carbocycles. The summed E-state index contributed by atoms with van der Waals surface area (Å²) in [6.45, 7) is -0.406. The van der Waals surface area contributed by atoms with E-state index in [1.165, 1.54) is 10.9 Å². The highest BCUT2D eigenvalue weighted by Gasteiger charge is 2.43. The van der Waals surface area contributed by atoms with Gasteiger partial charge in [0.05, 0.1) is 12.9 Å². The van der Waals surface area contributed by atoms with E-state index in [-0.39, 0.29) is 10.6 Å². The van der Waals surface area contributed by atoms with Crippen molar-refractivity contribution in [2.75, 3.05) is 12.3 Å². The number of aliphatic hydroxyl groups excluding tert-OH is 3. The summed E-state index contributed by atoms with van der Waals surface area (Å²) in [6, 6.07) is 0. The van der Waals surface area contributed by atoms with Crippen LogP contribution >= 0.6 is 12.2 Å². The maximum atomic E-state index is 10.0. The minimum Gasteiger partial charge on any atom is -0.394 e. The molecule has 1 aliphatic rings. The van der Waals surface area contributed by atoms with Crippen molar-refractivity contribution in [3.05, 3.63) is 11.1 Å². The Balaban J connectivity index is 2.09. The van der Waals surface area contributed by atoms with Crippen LogP contribution in [-0.4, -0.2) is 59.8 Å². The Kier molecular flexibility index (Phi) is 3.18. The molecule has 10 heteroatoms. The molecule has 3 heterocycles. The van der Waals surface area contributed by atoms with E-state index >= 15 is 0 Å². The summed E-state index contributed by atoms with van der Waals surface area (Å²) < 4.78 is 7.01. The molecule has 9 nitrogen and oxygen atoms in total. The van der Waals surface area contributed by atoms with Crippen molar-refractivity contribution in [1.29, 1.82) is 0 Å². The van der Waals surface area contributed by atoms with Gasteiger partial charge >= 0.3 is 0 Å². The lowest BCUT2D eigenvalue weighted by Crippen LogP contribution is -2.33. The van der Waals surface area contributed by atoms with Crippen molar-refractivity contribution in [1.82, 2.24) is 19.5 Å². The maximum absolute atomic E-state index is 10.0. The zero-order valence-corrected chi connectivity index (χ0v) is 11.0. The molecule has 4 atom stereocenters. The number of anilines is 1. The van der Waals surface area contributed by atoms with Gasteiger partial charge in [0, 0.05) is 0 Å². The summed E-state index contributed by atoms with van der Waals surface area (Å²) in [7, 11) is 0. The average molecular weight is 299 g/mol. The standard InChI is InChI=1S/C10H13N5O4S/c11-7-4-8(14-10(20)13-7)15(2-12-4)9-6(18)5(17)3(1-16)19-9/h2-3,5-6,9,16-18H,1H2,(H3,11,13,14,20)/t3-,5-,6+,9-/m1/s1. The summed E-state index contributed by atoms with van der Waals surface area (Å²) in [4.78, 5) is 10.8. The molecule has 0 bridgehead atoms. The summed E-state index contributed by atoms with van der Waals surface area (Å²) >= 11 is 4.95. The number of aliphatic hydroxyl groups is 3. The number of imidazole rings is 1. The summed E-state index contributed by atoms with van der Waals surface area (Å²) in [5.74, 6) is 0.255. The van der Waals surface area contributed by atoms with Gasteiger partial charge in [-0.25, -0.2) is 4.98 Å². The van der Waals surface area contributed by atoms with Gasteiger partial charge in [-0.2, -0.15) is 4.98 Å². The second-order valence-electron chi connectivity index (χ2n) is 4.51. The first kappa shape index (κ1) is 13.4. The van der Waals surface area contributed by atoms with Gasteiger partial charge in [-0.05, 0) is 12.2 Å². The van der Waals surface area contributed by atoms with E-state index in [4.69, 9.17) is 27.8 Å². The second-order valence-corrected chi connectivity index (χ2v) is 4.90. The van der Waals surface area contributed by atoms with Crippen LogP contribution in [0.25, 0.3) is 11.2 Å². The number of aromatic amines is 1. The van der Waals surface area contributed by atoms with Crippen LogP contribution in [0.5, 0.6) is 0 Å². The summed E-state index contributed by atoms with van der Waals surface area (Å²) in [5.41, 5.74) is 6.47. The van der Waals surface area contributed by atoms with Crippen LogP contribution in [0.2, 0.25) is 0 Å². The van der Waals surface area contributed by atoms with Crippen molar-refractivity contribution < 1.29 is 20.1 Å². The molecule has 0 aromatic carbocycles. The topological polar surface area (TPSA) is 142 Å². The van der Waals surface area contributed by atoms with Crippen LogP contribution < -0.4 is 5.73 Å². The Labute approximate surface area is 117 Å². The van der Waals surface area contributed by atoms with E-state index < -0.39 is 31.1 Å².